The predicted molar refractivity (Wildman–Crippen MR) is 101 cm³/mol. The number of alkyl halides is 3. The van der Waals surface area contributed by atoms with Crippen molar-refractivity contribution in [3.63, 3.8) is 0 Å². The molecule has 0 bridgehead atoms. The molecule has 1 saturated heterocycles. The highest BCUT2D eigenvalue weighted by Crippen LogP contribution is 2.36. The van der Waals surface area contributed by atoms with Crippen LogP contribution < -0.4 is 10.2 Å². The molecule has 10 heteroatoms. The topological polar surface area (TPSA) is 71.3 Å². The summed E-state index contributed by atoms with van der Waals surface area (Å²) in [5.74, 6) is -0.00638. The van der Waals surface area contributed by atoms with E-state index in [9.17, 15) is 18.0 Å². The minimum atomic E-state index is -4.48. The number of halogens is 3. The van der Waals surface area contributed by atoms with Gasteiger partial charge in [0.2, 0.25) is 11.8 Å². The van der Waals surface area contributed by atoms with Crippen LogP contribution >= 0.6 is 11.8 Å². The van der Waals surface area contributed by atoms with Gasteiger partial charge >= 0.3 is 6.18 Å². The van der Waals surface area contributed by atoms with Crippen molar-refractivity contribution in [2.45, 2.75) is 44.0 Å². The smallest absolute Gasteiger partial charge is 0.416 e. The van der Waals surface area contributed by atoms with Gasteiger partial charge in [-0.25, -0.2) is 0 Å². The number of nitrogens with zero attached hydrogens (tertiary/aromatic N) is 3. The van der Waals surface area contributed by atoms with Gasteiger partial charge in [-0.1, -0.05) is 18.7 Å². The Labute approximate surface area is 164 Å². The maximum absolute atomic E-state index is 13.1. The van der Waals surface area contributed by atoms with Crippen LogP contribution in [0.3, 0.4) is 0 Å². The van der Waals surface area contributed by atoms with Crippen LogP contribution in [0.25, 0.3) is 0 Å². The number of benzene rings is 1. The molecule has 1 aliphatic heterocycles. The molecule has 0 atom stereocenters. The molecule has 0 radical (unpaired) electrons. The Balaban J connectivity index is 1.74. The SMILES string of the molecule is CCc1nnc(SCC(=O)Nc2cc(C(F)(F)F)ccc2N2CCCCC2)o1. The Kier molecular flexibility index (Phi) is 6.48. The Morgan fingerprint density at radius 2 is 2.00 bits per heavy atom. The van der Waals surface area contributed by atoms with Crippen LogP contribution in [-0.2, 0) is 17.4 Å². The van der Waals surface area contributed by atoms with Gasteiger partial charge in [-0.3, -0.25) is 4.79 Å². The third-order valence-corrected chi connectivity index (χ3v) is 5.19. The van der Waals surface area contributed by atoms with E-state index in [1.54, 1.807) is 0 Å². The number of hydrogen-bond donors (Lipinski definition) is 1. The maximum Gasteiger partial charge on any atom is 0.416 e. The lowest BCUT2D eigenvalue weighted by Crippen LogP contribution is -2.30. The van der Waals surface area contributed by atoms with Gasteiger partial charge in [0.25, 0.3) is 5.22 Å². The Hall–Kier alpha value is -2.23. The van der Waals surface area contributed by atoms with Gasteiger partial charge in [0.15, 0.2) is 0 Å². The first-order valence-electron chi connectivity index (χ1n) is 9.08. The number of anilines is 2. The van der Waals surface area contributed by atoms with Gasteiger partial charge < -0.3 is 14.6 Å². The normalized spacial score (nSPS) is 14.9. The van der Waals surface area contributed by atoms with Crippen molar-refractivity contribution in [3.05, 3.63) is 29.7 Å². The zero-order chi connectivity index (χ0) is 20.1. The molecule has 6 nitrogen and oxygen atoms in total. The monoisotopic (exact) mass is 414 g/mol. The summed E-state index contributed by atoms with van der Waals surface area (Å²) in [6.07, 6.45) is -0.847. The lowest BCUT2D eigenvalue weighted by Gasteiger charge is -2.31. The quantitative estimate of drug-likeness (QED) is 0.708. The van der Waals surface area contributed by atoms with Crippen molar-refractivity contribution in [1.82, 2.24) is 10.2 Å². The molecule has 0 spiro atoms. The van der Waals surface area contributed by atoms with Gasteiger partial charge in [-0.05, 0) is 37.5 Å². The van der Waals surface area contributed by atoms with Crippen molar-refractivity contribution in [2.24, 2.45) is 0 Å². The summed E-state index contributed by atoms with van der Waals surface area (Å²) >= 11 is 1.05. The number of piperidine rings is 1. The van der Waals surface area contributed by atoms with Crippen LogP contribution in [0.2, 0.25) is 0 Å². The molecule has 1 aromatic heterocycles. The molecule has 1 amide bonds. The van der Waals surface area contributed by atoms with E-state index in [2.05, 4.69) is 15.5 Å². The summed E-state index contributed by atoms with van der Waals surface area (Å²) in [4.78, 5) is 14.3. The van der Waals surface area contributed by atoms with E-state index in [0.29, 0.717) is 18.0 Å². The lowest BCUT2D eigenvalue weighted by atomic mass is 10.1. The average Bonchev–Trinajstić information content (AvgIpc) is 3.14. The molecule has 1 fully saturated rings. The maximum atomic E-state index is 13.1. The number of hydrogen-bond acceptors (Lipinski definition) is 6. The van der Waals surface area contributed by atoms with E-state index in [1.807, 2.05) is 11.8 Å². The van der Waals surface area contributed by atoms with Gasteiger partial charge in [-0.2, -0.15) is 13.2 Å². The summed E-state index contributed by atoms with van der Waals surface area (Å²) in [5.41, 5.74) is -0.0140. The van der Waals surface area contributed by atoms with E-state index in [0.717, 1.165) is 56.2 Å². The first-order chi connectivity index (χ1) is 13.4. The fourth-order valence-electron chi connectivity index (χ4n) is 2.98. The number of carbonyl (C=O) groups is 1. The highest BCUT2D eigenvalue weighted by molar-refractivity contribution is 7.99. The first kappa shape index (κ1) is 20.5. The van der Waals surface area contributed by atoms with Crippen molar-refractivity contribution in [3.8, 4) is 0 Å². The number of aryl methyl sites for hydroxylation is 1. The molecule has 0 unspecified atom stereocenters. The van der Waals surface area contributed by atoms with Crippen LogP contribution in [0.5, 0.6) is 0 Å². The summed E-state index contributed by atoms with van der Waals surface area (Å²) in [6.45, 7) is 3.37. The fourth-order valence-corrected chi connectivity index (χ4v) is 3.56. The van der Waals surface area contributed by atoms with Crippen molar-refractivity contribution in [2.75, 3.05) is 29.1 Å². The third kappa shape index (κ3) is 5.18. The summed E-state index contributed by atoms with van der Waals surface area (Å²) in [5, 5.41) is 10.5. The van der Waals surface area contributed by atoms with Gasteiger partial charge in [0.1, 0.15) is 0 Å². The first-order valence-corrected chi connectivity index (χ1v) is 10.1. The van der Waals surface area contributed by atoms with Crippen molar-refractivity contribution < 1.29 is 22.4 Å². The second-order valence-corrected chi connectivity index (χ2v) is 7.36. The van der Waals surface area contributed by atoms with E-state index in [1.165, 1.54) is 6.07 Å². The van der Waals surface area contributed by atoms with Gasteiger partial charge in [-0.15, -0.1) is 10.2 Å². The molecule has 1 aliphatic rings. The molecule has 1 aromatic carbocycles. The Morgan fingerprint density at radius 3 is 2.64 bits per heavy atom. The summed E-state index contributed by atoms with van der Waals surface area (Å²) < 4.78 is 44.7. The Bertz CT molecular complexity index is 819. The van der Waals surface area contributed by atoms with E-state index >= 15 is 0 Å². The number of amides is 1. The second kappa shape index (κ2) is 8.85. The molecule has 2 heterocycles. The standard InChI is InChI=1S/C18H21F3N4O2S/c1-2-16-23-24-17(27-16)28-11-15(26)22-13-10-12(18(19,20)21)6-7-14(13)25-8-4-3-5-9-25/h6-7,10H,2-5,8-9,11H2,1H3,(H,22,26). The van der Waals surface area contributed by atoms with Crippen LogP contribution in [-0.4, -0.2) is 34.9 Å². The minimum Gasteiger partial charge on any atom is -0.416 e. The van der Waals surface area contributed by atoms with Crippen molar-refractivity contribution in [1.29, 1.82) is 0 Å². The van der Waals surface area contributed by atoms with E-state index in [4.69, 9.17) is 4.42 Å². The molecule has 2 aromatic rings. The molecule has 3 rings (SSSR count). The highest BCUT2D eigenvalue weighted by atomic mass is 32.2. The second-order valence-electron chi connectivity index (χ2n) is 6.43. The van der Waals surface area contributed by atoms with Crippen molar-refractivity contribution >= 4 is 29.0 Å². The van der Waals surface area contributed by atoms with Crippen LogP contribution in [0.4, 0.5) is 24.5 Å². The molecule has 28 heavy (non-hydrogen) atoms. The number of nitrogens with one attached hydrogen (secondary N) is 1. The zero-order valence-electron chi connectivity index (χ0n) is 15.4. The van der Waals surface area contributed by atoms with Crippen LogP contribution in [0, 0.1) is 0 Å². The van der Waals surface area contributed by atoms with E-state index in [-0.39, 0.29) is 16.7 Å². The molecule has 1 N–H and O–H groups in total. The summed E-state index contributed by atoms with van der Waals surface area (Å²) in [7, 11) is 0. The van der Waals surface area contributed by atoms with Crippen LogP contribution in [0.1, 0.15) is 37.6 Å². The highest BCUT2D eigenvalue weighted by Gasteiger charge is 2.32. The summed E-state index contributed by atoms with van der Waals surface area (Å²) in [6, 6.07) is 3.48. The third-order valence-electron chi connectivity index (χ3n) is 4.37. The number of rotatable bonds is 6. The van der Waals surface area contributed by atoms with Crippen LogP contribution in [0.15, 0.2) is 27.8 Å². The lowest BCUT2D eigenvalue weighted by molar-refractivity contribution is -0.137. The average molecular weight is 414 g/mol. The fraction of sp³-hybridized carbons (Fsp3) is 0.500. The molecular weight excluding hydrogens is 393 g/mol. The van der Waals surface area contributed by atoms with E-state index < -0.39 is 17.6 Å². The molecule has 0 saturated carbocycles. The number of thioether (sulfide) groups is 1. The number of carbonyl (C=O) groups excluding carboxylic acids is 1. The number of aromatic nitrogens is 2. The minimum absolute atomic E-state index is 0.0406. The predicted octanol–water partition coefficient (Wildman–Crippen LogP) is 4.37. The van der Waals surface area contributed by atoms with Gasteiger partial charge in [0.05, 0.1) is 22.7 Å². The Morgan fingerprint density at radius 1 is 1.25 bits per heavy atom. The molecule has 0 aliphatic carbocycles. The zero-order valence-corrected chi connectivity index (χ0v) is 16.2. The largest absolute Gasteiger partial charge is 0.416 e. The molecule has 152 valence electrons. The van der Waals surface area contributed by atoms with Gasteiger partial charge in [0, 0.05) is 19.5 Å². The molecular formula is C18H21F3N4O2S.